The van der Waals surface area contributed by atoms with Crippen molar-refractivity contribution in [2.24, 2.45) is 0 Å². The fourth-order valence-electron chi connectivity index (χ4n) is 3.80. The van der Waals surface area contributed by atoms with Crippen LogP contribution in [0.4, 0.5) is 5.69 Å². The molecule has 2 amide bonds. The van der Waals surface area contributed by atoms with Gasteiger partial charge in [-0.15, -0.1) is 0 Å². The molecule has 0 spiro atoms. The number of carbonyl (C=O) groups excluding carboxylic acids is 2. The van der Waals surface area contributed by atoms with Crippen molar-refractivity contribution in [1.29, 1.82) is 0 Å². The third-order valence-corrected chi connectivity index (χ3v) is 7.61. The van der Waals surface area contributed by atoms with Crippen molar-refractivity contribution >= 4 is 27.5 Å². The molecule has 0 radical (unpaired) electrons. The van der Waals surface area contributed by atoms with E-state index in [2.05, 4.69) is 5.32 Å². The summed E-state index contributed by atoms with van der Waals surface area (Å²) in [6, 6.07) is 21.1. The Bertz CT molecular complexity index is 1290. The Balaban J connectivity index is 2.02. The van der Waals surface area contributed by atoms with Crippen molar-refractivity contribution in [2.75, 3.05) is 25.0 Å². The van der Waals surface area contributed by atoms with Gasteiger partial charge in [-0.25, -0.2) is 8.42 Å². The van der Waals surface area contributed by atoms with E-state index in [0.717, 1.165) is 15.4 Å². The van der Waals surface area contributed by atoms with Crippen LogP contribution in [-0.2, 0) is 26.2 Å². The minimum absolute atomic E-state index is 0.0539. The first-order valence-corrected chi connectivity index (χ1v) is 12.9. The number of carbonyl (C=O) groups is 2. The zero-order valence-corrected chi connectivity index (χ0v) is 21.7. The van der Waals surface area contributed by atoms with Crippen molar-refractivity contribution in [3.05, 3.63) is 90.0 Å². The number of anilines is 1. The number of aryl methyl sites for hydroxylation is 1. The van der Waals surface area contributed by atoms with Crippen molar-refractivity contribution < 1.29 is 22.7 Å². The van der Waals surface area contributed by atoms with Crippen LogP contribution in [0.3, 0.4) is 0 Å². The Hall–Kier alpha value is -3.85. The number of amides is 2. The summed E-state index contributed by atoms with van der Waals surface area (Å²) >= 11 is 0. The molecule has 0 saturated carbocycles. The van der Waals surface area contributed by atoms with Crippen molar-refractivity contribution in [3.63, 3.8) is 0 Å². The van der Waals surface area contributed by atoms with Crippen LogP contribution in [0.1, 0.15) is 18.1 Å². The number of rotatable bonds is 10. The lowest BCUT2D eigenvalue weighted by atomic mass is 10.1. The fourth-order valence-corrected chi connectivity index (χ4v) is 5.23. The van der Waals surface area contributed by atoms with Crippen LogP contribution in [0, 0.1) is 6.92 Å². The number of nitrogens with one attached hydrogen (secondary N) is 1. The van der Waals surface area contributed by atoms with Crippen LogP contribution in [0.15, 0.2) is 83.8 Å². The summed E-state index contributed by atoms with van der Waals surface area (Å²) in [7, 11) is -1.08. The van der Waals surface area contributed by atoms with Crippen LogP contribution in [0.25, 0.3) is 0 Å². The lowest BCUT2D eigenvalue weighted by Crippen LogP contribution is -2.50. The third kappa shape index (κ3) is 6.23. The average molecular weight is 510 g/mol. The highest BCUT2D eigenvalue weighted by atomic mass is 32.2. The van der Waals surface area contributed by atoms with E-state index in [1.807, 2.05) is 31.2 Å². The molecule has 9 heteroatoms. The molecule has 0 heterocycles. The highest BCUT2D eigenvalue weighted by Gasteiger charge is 2.32. The summed E-state index contributed by atoms with van der Waals surface area (Å²) in [5, 5.41) is 2.57. The van der Waals surface area contributed by atoms with Gasteiger partial charge in [-0.1, -0.05) is 48.0 Å². The van der Waals surface area contributed by atoms with Gasteiger partial charge in [0, 0.05) is 13.6 Å². The fraction of sp³-hybridized carbons (Fsp3) is 0.259. The number of likely N-dealkylation sites (N-methyl/N-ethyl adjacent to an activating group) is 1. The topological polar surface area (TPSA) is 96.0 Å². The summed E-state index contributed by atoms with van der Waals surface area (Å²) in [5.74, 6) is -0.308. The van der Waals surface area contributed by atoms with E-state index < -0.39 is 28.5 Å². The summed E-state index contributed by atoms with van der Waals surface area (Å²) < 4.78 is 33.6. The van der Waals surface area contributed by atoms with Gasteiger partial charge in [-0.2, -0.15) is 0 Å². The molecule has 3 aromatic rings. The largest absolute Gasteiger partial charge is 0.497 e. The molecule has 36 heavy (non-hydrogen) atoms. The van der Waals surface area contributed by atoms with E-state index >= 15 is 0 Å². The van der Waals surface area contributed by atoms with E-state index in [-0.39, 0.29) is 17.3 Å². The van der Waals surface area contributed by atoms with Gasteiger partial charge in [-0.3, -0.25) is 13.9 Å². The molecule has 0 aromatic heterocycles. The van der Waals surface area contributed by atoms with Crippen LogP contribution in [-0.4, -0.2) is 51.9 Å². The predicted molar refractivity (Wildman–Crippen MR) is 139 cm³/mol. The zero-order chi connectivity index (χ0) is 26.3. The van der Waals surface area contributed by atoms with Crippen LogP contribution in [0.2, 0.25) is 0 Å². The molecule has 0 bridgehead atoms. The molecule has 3 rings (SSSR count). The first-order valence-electron chi connectivity index (χ1n) is 11.5. The maximum absolute atomic E-state index is 13.7. The lowest BCUT2D eigenvalue weighted by molar-refractivity contribution is -0.139. The number of hydrogen-bond acceptors (Lipinski definition) is 5. The molecule has 3 aromatic carbocycles. The number of sulfonamides is 1. The maximum Gasteiger partial charge on any atom is 0.264 e. The number of benzene rings is 3. The summed E-state index contributed by atoms with van der Waals surface area (Å²) in [5.41, 5.74) is 2.15. The van der Waals surface area contributed by atoms with Gasteiger partial charge in [0.1, 0.15) is 18.3 Å². The lowest BCUT2D eigenvalue weighted by Gasteiger charge is -2.31. The van der Waals surface area contributed by atoms with Gasteiger partial charge in [0.25, 0.3) is 10.0 Å². The van der Waals surface area contributed by atoms with E-state index in [0.29, 0.717) is 11.4 Å². The smallest absolute Gasteiger partial charge is 0.264 e. The first kappa shape index (κ1) is 26.7. The van der Waals surface area contributed by atoms with Gasteiger partial charge >= 0.3 is 0 Å². The highest BCUT2D eigenvalue weighted by Crippen LogP contribution is 2.26. The SMILES string of the molecule is CNC(=O)[C@@H](C)N(Cc1cccc(C)c1)C(=O)CN(c1ccc(OC)cc1)S(=O)(=O)c1ccccc1. The van der Waals surface area contributed by atoms with Gasteiger partial charge in [0.2, 0.25) is 11.8 Å². The molecule has 1 N–H and O–H groups in total. The number of nitrogens with zero attached hydrogens (tertiary/aromatic N) is 2. The number of methoxy groups -OCH3 is 1. The molecule has 8 nitrogen and oxygen atoms in total. The molecule has 0 aliphatic rings. The van der Waals surface area contributed by atoms with E-state index in [1.54, 1.807) is 49.4 Å². The maximum atomic E-state index is 13.7. The molecular weight excluding hydrogens is 478 g/mol. The summed E-state index contributed by atoms with van der Waals surface area (Å²) in [6.07, 6.45) is 0. The Morgan fingerprint density at radius 1 is 0.972 bits per heavy atom. The second-order valence-electron chi connectivity index (χ2n) is 8.32. The van der Waals surface area contributed by atoms with Crippen molar-refractivity contribution in [2.45, 2.75) is 31.3 Å². The van der Waals surface area contributed by atoms with Crippen LogP contribution < -0.4 is 14.4 Å². The Morgan fingerprint density at radius 2 is 1.64 bits per heavy atom. The second-order valence-corrected chi connectivity index (χ2v) is 10.2. The molecule has 0 saturated heterocycles. The summed E-state index contributed by atoms with van der Waals surface area (Å²) in [6.45, 7) is 3.22. The molecular formula is C27H31N3O5S. The standard InChI is InChI=1S/C27H31N3O5S/c1-20-9-8-10-22(17-20)18-29(21(2)27(32)28-3)26(31)19-30(23-13-15-24(35-4)16-14-23)36(33,34)25-11-6-5-7-12-25/h5-17,21H,18-19H2,1-4H3,(H,28,32)/t21-/m1/s1. The molecule has 0 unspecified atom stereocenters. The molecule has 0 fully saturated rings. The average Bonchev–Trinajstić information content (AvgIpc) is 2.90. The van der Waals surface area contributed by atoms with Crippen LogP contribution in [0.5, 0.6) is 5.75 Å². The normalized spacial score (nSPS) is 11.9. The quantitative estimate of drug-likeness (QED) is 0.452. The zero-order valence-electron chi connectivity index (χ0n) is 20.8. The Kier molecular flexibility index (Phi) is 8.71. The van der Waals surface area contributed by atoms with E-state index in [9.17, 15) is 18.0 Å². The minimum Gasteiger partial charge on any atom is -0.497 e. The van der Waals surface area contributed by atoms with Gasteiger partial charge < -0.3 is 15.0 Å². The number of hydrogen-bond donors (Lipinski definition) is 1. The van der Waals surface area contributed by atoms with Crippen molar-refractivity contribution in [1.82, 2.24) is 10.2 Å². The molecule has 190 valence electrons. The third-order valence-electron chi connectivity index (χ3n) is 5.82. The van der Waals surface area contributed by atoms with E-state index in [1.165, 1.54) is 31.2 Å². The molecule has 0 aliphatic carbocycles. The highest BCUT2D eigenvalue weighted by molar-refractivity contribution is 7.92. The Labute approximate surface area is 212 Å². The second kappa shape index (κ2) is 11.7. The number of ether oxygens (including phenoxy) is 1. The van der Waals surface area contributed by atoms with Crippen molar-refractivity contribution in [3.8, 4) is 5.75 Å². The minimum atomic E-state index is -4.09. The van der Waals surface area contributed by atoms with Gasteiger partial charge in [0.15, 0.2) is 0 Å². The van der Waals surface area contributed by atoms with Gasteiger partial charge in [0.05, 0.1) is 17.7 Å². The predicted octanol–water partition coefficient (Wildman–Crippen LogP) is 3.36. The van der Waals surface area contributed by atoms with Gasteiger partial charge in [-0.05, 0) is 55.8 Å². The molecule has 0 aliphatic heterocycles. The monoisotopic (exact) mass is 509 g/mol. The first-order chi connectivity index (χ1) is 17.2. The summed E-state index contributed by atoms with van der Waals surface area (Å²) in [4.78, 5) is 27.7. The van der Waals surface area contributed by atoms with Crippen LogP contribution >= 0.6 is 0 Å². The van der Waals surface area contributed by atoms with E-state index in [4.69, 9.17) is 4.74 Å². The molecule has 1 atom stereocenters. The Morgan fingerprint density at radius 3 is 2.22 bits per heavy atom.